The van der Waals surface area contributed by atoms with Gasteiger partial charge < -0.3 is 4.74 Å². The number of Topliss-reactive ketones (excluding diaryl/α,β-unsaturated/α-hetero) is 1. The van der Waals surface area contributed by atoms with E-state index in [1.54, 1.807) is 6.07 Å². The second-order valence-electron chi connectivity index (χ2n) is 3.75. The second-order valence-corrected chi connectivity index (χ2v) is 3.75. The normalized spacial score (nSPS) is 16.0. The molecular formula is C12H13NO2. The highest BCUT2D eigenvalue weighted by atomic mass is 16.5. The Kier molecular flexibility index (Phi) is 2.54. The minimum absolute atomic E-state index is 0.0795. The predicted molar refractivity (Wildman–Crippen MR) is 56.5 cm³/mol. The van der Waals surface area contributed by atoms with Crippen molar-refractivity contribution in [2.75, 3.05) is 0 Å². The second kappa shape index (κ2) is 3.85. The lowest BCUT2D eigenvalue weighted by Crippen LogP contribution is -2.05. The Bertz CT molecular complexity index is 435. The minimum Gasteiger partial charge on any atom is -0.435 e. The van der Waals surface area contributed by atoms with Crippen LogP contribution in [0.5, 0.6) is 5.88 Å². The van der Waals surface area contributed by atoms with Crippen LogP contribution in [0, 0.1) is 6.92 Å². The van der Waals surface area contributed by atoms with Crippen LogP contribution in [0.15, 0.2) is 29.5 Å². The van der Waals surface area contributed by atoms with E-state index >= 15 is 0 Å². The number of ketones is 1. The Morgan fingerprint density at radius 3 is 2.67 bits per heavy atom. The van der Waals surface area contributed by atoms with Crippen molar-refractivity contribution in [1.29, 1.82) is 0 Å². The first-order chi connectivity index (χ1) is 7.16. The zero-order chi connectivity index (χ0) is 10.8. The van der Waals surface area contributed by atoms with E-state index in [9.17, 15) is 4.79 Å². The Balaban J connectivity index is 2.22. The molecule has 0 N–H and O–H groups in total. The summed E-state index contributed by atoms with van der Waals surface area (Å²) >= 11 is 0. The molecule has 0 unspecified atom stereocenters. The third-order valence-corrected chi connectivity index (χ3v) is 2.44. The number of carbonyl (C=O) groups excluding carboxylic acids is 1. The summed E-state index contributed by atoms with van der Waals surface area (Å²) in [6, 6.07) is 5.52. The average molecular weight is 203 g/mol. The molecule has 0 aromatic carbocycles. The van der Waals surface area contributed by atoms with E-state index in [0.29, 0.717) is 18.1 Å². The van der Waals surface area contributed by atoms with Crippen molar-refractivity contribution in [3.63, 3.8) is 0 Å². The van der Waals surface area contributed by atoms with Gasteiger partial charge in [0.1, 0.15) is 0 Å². The molecule has 0 saturated carbocycles. The van der Waals surface area contributed by atoms with E-state index < -0.39 is 0 Å². The van der Waals surface area contributed by atoms with E-state index in [1.165, 1.54) is 0 Å². The van der Waals surface area contributed by atoms with E-state index in [0.717, 1.165) is 17.7 Å². The topological polar surface area (TPSA) is 39.2 Å². The maximum absolute atomic E-state index is 11.5. The number of ether oxygens (including phenoxy) is 1. The summed E-state index contributed by atoms with van der Waals surface area (Å²) in [5, 5.41) is 0. The SMILES string of the molecule is CC1=C(Oc2cccc(C)n2)C(=O)CC1. The van der Waals surface area contributed by atoms with Crippen LogP contribution in [-0.4, -0.2) is 10.8 Å². The van der Waals surface area contributed by atoms with Crippen LogP contribution < -0.4 is 4.74 Å². The zero-order valence-corrected chi connectivity index (χ0v) is 8.91. The molecule has 0 spiro atoms. The highest BCUT2D eigenvalue weighted by molar-refractivity contribution is 5.97. The van der Waals surface area contributed by atoms with Crippen LogP contribution in [0.3, 0.4) is 0 Å². The Hall–Kier alpha value is -1.64. The van der Waals surface area contributed by atoms with Gasteiger partial charge in [-0.1, -0.05) is 6.07 Å². The van der Waals surface area contributed by atoms with Crippen LogP contribution in [0.2, 0.25) is 0 Å². The average Bonchev–Trinajstić information content (AvgIpc) is 2.50. The molecule has 0 bridgehead atoms. The van der Waals surface area contributed by atoms with Crippen LogP contribution in [0.1, 0.15) is 25.5 Å². The molecule has 0 radical (unpaired) electrons. The van der Waals surface area contributed by atoms with Crippen LogP contribution >= 0.6 is 0 Å². The number of pyridine rings is 1. The molecular weight excluding hydrogens is 190 g/mol. The molecule has 0 atom stereocenters. The molecule has 0 amide bonds. The quantitative estimate of drug-likeness (QED) is 0.740. The third-order valence-electron chi connectivity index (χ3n) is 2.44. The lowest BCUT2D eigenvalue weighted by Gasteiger charge is -2.05. The summed E-state index contributed by atoms with van der Waals surface area (Å²) < 4.78 is 5.50. The van der Waals surface area contributed by atoms with Crippen LogP contribution in [-0.2, 0) is 4.79 Å². The van der Waals surface area contributed by atoms with Crippen molar-refractivity contribution in [3.05, 3.63) is 35.2 Å². The van der Waals surface area contributed by atoms with Crippen molar-refractivity contribution in [3.8, 4) is 5.88 Å². The summed E-state index contributed by atoms with van der Waals surface area (Å²) in [6.07, 6.45) is 1.37. The molecule has 0 saturated heterocycles. The summed E-state index contributed by atoms with van der Waals surface area (Å²) in [5.74, 6) is 1.06. The molecule has 3 heteroatoms. The molecule has 0 fully saturated rings. The van der Waals surface area contributed by atoms with Crippen LogP contribution in [0.25, 0.3) is 0 Å². The fourth-order valence-corrected chi connectivity index (χ4v) is 1.59. The number of rotatable bonds is 2. The van der Waals surface area contributed by atoms with Crippen molar-refractivity contribution < 1.29 is 9.53 Å². The lowest BCUT2D eigenvalue weighted by atomic mass is 10.3. The van der Waals surface area contributed by atoms with Gasteiger partial charge in [-0.05, 0) is 31.9 Å². The maximum Gasteiger partial charge on any atom is 0.219 e. The van der Waals surface area contributed by atoms with Crippen molar-refractivity contribution in [2.45, 2.75) is 26.7 Å². The number of hydrogen-bond donors (Lipinski definition) is 0. The highest BCUT2D eigenvalue weighted by Gasteiger charge is 2.22. The Labute approximate surface area is 88.8 Å². The monoisotopic (exact) mass is 203 g/mol. The van der Waals surface area contributed by atoms with Crippen molar-refractivity contribution in [2.24, 2.45) is 0 Å². The summed E-state index contributed by atoms with van der Waals surface area (Å²) in [6.45, 7) is 3.82. The molecule has 1 aromatic heterocycles. The molecule has 0 aliphatic heterocycles. The number of carbonyl (C=O) groups is 1. The Morgan fingerprint density at radius 1 is 1.27 bits per heavy atom. The number of aryl methyl sites for hydroxylation is 1. The smallest absolute Gasteiger partial charge is 0.219 e. The molecule has 3 nitrogen and oxygen atoms in total. The van der Waals surface area contributed by atoms with Gasteiger partial charge in [0.2, 0.25) is 5.88 Å². The molecule has 15 heavy (non-hydrogen) atoms. The summed E-state index contributed by atoms with van der Waals surface area (Å²) in [5.41, 5.74) is 1.90. The zero-order valence-electron chi connectivity index (χ0n) is 8.91. The molecule has 78 valence electrons. The first-order valence-electron chi connectivity index (χ1n) is 5.01. The summed E-state index contributed by atoms with van der Waals surface area (Å²) in [4.78, 5) is 15.7. The van der Waals surface area contributed by atoms with Gasteiger partial charge in [-0.3, -0.25) is 4.79 Å². The maximum atomic E-state index is 11.5. The number of allylic oxidation sites excluding steroid dienone is 2. The van der Waals surface area contributed by atoms with Gasteiger partial charge in [0.05, 0.1) is 0 Å². The van der Waals surface area contributed by atoms with Gasteiger partial charge in [0.25, 0.3) is 0 Å². The fraction of sp³-hybridized carbons (Fsp3) is 0.333. The van der Waals surface area contributed by atoms with Gasteiger partial charge in [-0.2, -0.15) is 0 Å². The third kappa shape index (κ3) is 2.06. The van der Waals surface area contributed by atoms with E-state index in [1.807, 2.05) is 26.0 Å². The van der Waals surface area contributed by atoms with E-state index in [-0.39, 0.29) is 5.78 Å². The van der Waals surface area contributed by atoms with Gasteiger partial charge in [0.15, 0.2) is 11.5 Å². The Morgan fingerprint density at radius 2 is 2.07 bits per heavy atom. The highest BCUT2D eigenvalue weighted by Crippen LogP contribution is 2.24. The predicted octanol–water partition coefficient (Wildman–Crippen LogP) is 2.41. The van der Waals surface area contributed by atoms with Crippen molar-refractivity contribution >= 4 is 5.78 Å². The minimum atomic E-state index is 0.0795. The molecule has 1 heterocycles. The molecule has 2 rings (SSSR count). The van der Waals surface area contributed by atoms with Gasteiger partial charge in [-0.25, -0.2) is 4.98 Å². The number of hydrogen-bond acceptors (Lipinski definition) is 3. The van der Waals surface area contributed by atoms with Crippen molar-refractivity contribution in [1.82, 2.24) is 4.98 Å². The fourth-order valence-electron chi connectivity index (χ4n) is 1.59. The molecule has 1 aromatic rings. The van der Waals surface area contributed by atoms with E-state index in [2.05, 4.69) is 4.98 Å². The molecule has 1 aliphatic carbocycles. The van der Waals surface area contributed by atoms with E-state index in [4.69, 9.17) is 4.74 Å². The largest absolute Gasteiger partial charge is 0.435 e. The molecule has 1 aliphatic rings. The van der Waals surface area contributed by atoms with Gasteiger partial charge in [-0.15, -0.1) is 0 Å². The summed E-state index contributed by atoms with van der Waals surface area (Å²) in [7, 11) is 0. The van der Waals surface area contributed by atoms with Gasteiger partial charge in [0, 0.05) is 18.2 Å². The first-order valence-corrected chi connectivity index (χ1v) is 5.01. The number of aromatic nitrogens is 1. The first kappa shape index (κ1) is 9.90. The standard InChI is InChI=1S/C12H13NO2/c1-8-6-7-10(14)12(8)15-11-5-3-4-9(2)13-11/h3-5H,6-7H2,1-2H3. The number of nitrogens with zero attached hydrogens (tertiary/aromatic N) is 1. The van der Waals surface area contributed by atoms with Gasteiger partial charge >= 0.3 is 0 Å². The lowest BCUT2D eigenvalue weighted by molar-refractivity contribution is -0.116. The van der Waals surface area contributed by atoms with Crippen LogP contribution in [0.4, 0.5) is 0 Å².